The number of anilines is 1. The first-order valence-electron chi connectivity index (χ1n) is 4.74. The van der Waals surface area contributed by atoms with Crippen molar-refractivity contribution in [1.29, 1.82) is 0 Å². The average molecular weight is 207 g/mol. The van der Waals surface area contributed by atoms with Crippen molar-refractivity contribution in [3.8, 4) is 0 Å². The molecule has 0 saturated carbocycles. The third kappa shape index (κ3) is 2.03. The number of rotatable bonds is 1. The number of benzene rings is 1. The summed E-state index contributed by atoms with van der Waals surface area (Å²) in [4.78, 5) is 24.0. The van der Waals surface area contributed by atoms with E-state index in [0.717, 1.165) is 0 Å². The molecular weight excluding hydrogens is 197 g/mol. The zero-order valence-corrected chi connectivity index (χ0v) is 8.07. The van der Waals surface area contributed by atoms with Crippen molar-refractivity contribution in [2.75, 3.05) is 11.4 Å². The molecule has 0 aromatic heterocycles. The summed E-state index contributed by atoms with van der Waals surface area (Å²) < 4.78 is 12.7. The summed E-state index contributed by atoms with van der Waals surface area (Å²) in [7, 11) is 0. The number of ketones is 1. The molecule has 0 aliphatic carbocycles. The molecule has 1 aliphatic heterocycles. The molecule has 1 amide bonds. The van der Waals surface area contributed by atoms with E-state index in [0.29, 0.717) is 18.7 Å². The third-order valence-corrected chi connectivity index (χ3v) is 2.40. The predicted molar refractivity (Wildman–Crippen MR) is 53.0 cm³/mol. The molecule has 0 atom stereocenters. The van der Waals surface area contributed by atoms with Gasteiger partial charge < -0.3 is 4.90 Å². The topological polar surface area (TPSA) is 37.4 Å². The smallest absolute Gasteiger partial charge is 0.234 e. The number of piperidine rings is 1. The van der Waals surface area contributed by atoms with Crippen LogP contribution in [0.2, 0.25) is 0 Å². The molecule has 15 heavy (non-hydrogen) atoms. The van der Waals surface area contributed by atoms with Gasteiger partial charge in [-0.2, -0.15) is 0 Å². The molecule has 1 saturated heterocycles. The van der Waals surface area contributed by atoms with Crippen LogP contribution in [0.3, 0.4) is 0 Å². The van der Waals surface area contributed by atoms with E-state index in [1.54, 1.807) is 12.1 Å². The normalized spacial score (nSPS) is 17.0. The molecule has 0 spiro atoms. The van der Waals surface area contributed by atoms with E-state index in [1.807, 2.05) is 0 Å². The van der Waals surface area contributed by atoms with E-state index in [-0.39, 0.29) is 23.9 Å². The Labute approximate surface area is 86.5 Å². The van der Waals surface area contributed by atoms with E-state index >= 15 is 0 Å². The van der Waals surface area contributed by atoms with Gasteiger partial charge in [0, 0.05) is 18.7 Å². The summed E-state index contributed by atoms with van der Waals surface area (Å²) in [6, 6.07) is 5.70. The second-order valence-corrected chi connectivity index (χ2v) is 3.49. The lowest BCUT2D eigenvalue weighted by Crippen LogP contribution is -2.38. The van der Waals surface area contributed by atoms with Gasteiger partial charge in [-0.3, -0.25) is 9.59 Å². The fourth-order valence-electron chi connectivity index (χ4n) is 1.61. The van der Waals surface area contributed by atoms with Crippen molar-refractivity contribution < 1.29 is 14.0 Å². The molecule has 2 rings (SSSR count). The van der Waals surface area contributed by atoms with Gasteiger partial charge in [-0.15, -0.1) is 0 Å². The highest BCUT2D eigenvalue weighted by atomic mass is 19.1. The Morgan fingerprint density at radius 3 is 2.40 bits per heavy atom. The van der Waals surface area contributed by atoms with Crippen LogP contribution in [0.1, 0.15) is 12.8 Å². The Hall–Kier alpha value is -1.71. The zero-order chi connectivity index (χ0) is 10.8. The van der Waals surface area contributed by atoms with Crippen molar-refractivity contribution in [2.45, 2.75) is 12.8 Å². The number of Topliss-reactive ketones (excluding diaryl/α,β-unsaturated/α-hetero) is 1. The SMILES string of the molecule is O=C1CCN(c2ccc(F)cc2)C(=O)C1. The van der Waals surface area contributed by atoms with Gasteiger partial charge in [0.25, 0.3) is 0 Å². The molecule has 0 unspecified atom stereocenters. The number of amides is 1. The molecule has 1 aromatic carbocycles. The molecule has 0 N–H and O–H groups in total. The third-order valence-electron chi connectivity index (χ3n) is 2.40. The number of hydrogen-bond acceptors (Lipinski definition) is 2. The lowest BCUT2D eigenvalue weighted by Gasteiger charge is -2.25. The second kappa shape index (κ2) is 3.81. The van der Waals surface area contributed by atoms with E-state index < -0.39 is 0 Å². The van der Waals surface area contributed by atoms with Crippen molar-refractivity contribution in [2.24, 2.45) is 0 Å². The molecule has 1 fully saturated rings. The van der Waals surface area contributed by atoms with Gasteiger partial charge in [0.2, 0.25) is 5.91 Å². The van der Waals surface area contributed by atoms with Crippen LogP contribution in [0, 0.1) is 5.82 Å². The maximum atomic E-state index is 12.7. The first kappa shape index (κ1) is 9.83. The average Bonchev–Trinajstić information content (AvgIpc) is 2.20. The molecule has 0 bridgehead atoms. The Balaban J connectivity index is 2.20. The van der Waals surface area contributed by atoms with Crippen LogP contribution >= 0.6 is 0 Å². The Morgan fingerprint density at radius 2 is 1.80 bits per heavy atom. The van der Waals surface area contributed by atoms with Gasteiger partial charge >= 0.3 is 0 Å². The summed E-state index contributed by atoms with van der Waals surface area (Å²) in [5.74, 6) is -0.574. The van der Waals surface area contributed by atoms with E-state index in [2.05, 4.69) is 0 Å². The van der Waals surface area contributed by atoms with Gasteiger partial charge in [-0.05, 0) is 24.3 Å². The number of halogens is 1. The summed E-state index contributed by atoms with van der Waals surface area (Å²) in [6.45, 7) is 0.392. The highest BCUT2D eigenvalue weighted by Crippen LogP contribution is 2.19. The highest BCUT2D eigenvalue weighted by molar-refractivity contribution is 6.08. The van der Waals surface area contributed by atoms with E-state index in [1.165, 1.54) is 17.0 Å². The lowest BCUT2D eigenvalue weighted by molar-refractivity contribution is -0.128. The fraction of sp³-hybridized carbons (Fsp3) is 0.273. The maximum absolute atomic E-state index is 12.7. The second-order valence-electron chi connectivity index (χ2n) is 3.49. The van der Waals surface area contributed by atoms with Crippen molar-refractivity contribution in [3.05, 3.63) is 30.1 Å². The van der Waals surface area contributed by atoms with Gasteiger partial charge in [-0.1, -0.05) is 0 Å². The number of nitrogens with zero attached hydrogens (tertiary/aromatic N) is 1. The van der Waals surface area contributed by atoms with Crippen LogP contribution in [0.25, 0.3) is 0 Å². The van der Waals surface area contributed by atoms with Crippen LogP contribution in [0.15, 0.2) is 24.3 Å². The minimum Gasteiger partial charge on any atom is -0.312 e. The maximum Gasteiger partial charge on any atom is 0.234 e. The van der Waals surface area contributed by atoms with Gasteiger partial charge in [0.1, 0.15) is 11.6 Å². The monoisotopic (exact) mass is 207 g/mol. The largest absolute Gasteiger partial charge is 0.312 e. The van der Waals surface area contributed by atoms with Gasteiger partial charge in [0.15, 0.2) is 0 Å². The first-order chi connectivity index (χ1) is 7.16. The molecule has 4 heteroatoms. The van der Waals surface area contributed by atoms with Gasteiger partial charge in [-0.25, -0.2) is 4.39 Å². The molecule has 1 aliphatic rings. The molecule has 3 nitrogen and oxygen atoms in total. The summed E-state index contributed by atoms with van der Waals surface area (Å²) >= 11 is 0. The predicted octanol–water partition coefficient (Wildman–Crippen LogP) is 1.52. The van der Waals surface area contributed by atoms with Crippen LogP contribution in [0.5, 0.6) is 0 Å². The zero-order valence-electron chi connectivity index (χ0n) is 8.07. The van der Waals surface area contributed by atoms with Gasteiger partial charge in [0.05, 0.1) is 6.42 Å². The summed E-state index contributed by atoms with van der Waals surface area (Å²) in [6.07, 6.45) is 0.334. The summed E-state index contributed by atoms with van der Waals surface area (Å²) in [5, 5.41) is 0. The molecule has 1 aromatic rings. The van der Waals surface area contributed by atoms with Crippen LogP contribution in [0.4, 0.5) is 10.1 Å². The molecular formula is C11H10FNO2. The van der Waals surface area contributed by atoms with Crippen LogP contribution in [-0.4, -0.2) is 18.2 Å². The number of hydrogen-bond donors (Lipinski definition) is 0. The Bertz CT molecular complexity index is 400. The van der Waals surface area contributed by atoms with Crippen LogP contribution in [-0.2, 0) is 9.59 Å². The van der Waals surface area contributed by atoms with E-state index in [4.69, 9.17) is 0 Å². The number of carbonyl (C=O) groups excluding carboxylic acids is 2. The summed E-state index contributed by atoms with van der Waals surface area (Å²) in [5.41, 5.74) is 0.647. The first-order valence-corrected chi connectivity index (χ1v) is 4.74. The highest BCUT2D eigenvalue weighted by Gasteiger charge is 2.24. The quantitative estimate of drug-likeness (QED) is 0.655. The number of carbonyl (C=O) groups is 2. The fourth-order valence-corrected chi connectivity index (χ4v) is 1.61. The molecule has 1 heterocycles. The standard InChI is InChI=1S/C11H10FNO2/c12-8-1-3-9(4-2-8)13-6-5-10(14)7-11(13)15/h1-4H,5-7H2. The molecule has 78 valence electrons. The van der Waals surface area contributed by atoms with Crippen molar-refractivity contribution in [3.63, 3.8) is 0 Å². The molecule has 0 radical (unpaired) electrons. The van der Waals surface area contributed by atoms with E-state index in [9.17, 15) is 14.0 Å². The minimum absolute atomic E-state index is 0.0293. The van der Waals surface area contributed by atoms with Crippen molar-refractivity contribution >= 4 is 17.4 Å². The lowest BCUT2D eigenvalue weighted by atomic mass is 10.1. The van der Waals surface area contributed by atoms with Crippen LogP contribution < -0.4 is 4.90 Å². The minimum atomic E-state index is -0.334. The van der Waals surface area contributed by atoms with Crippen molar-refractivity contribution in [1.82, 2.24) is 0 Å². The Morgan fingerprint density at radius 1 is 1.13 bits per heavy atom. The Kier molecular flexibility index (Phi) is 2.49.